The van der Waals surface area contributed by atoms with Gasteiger partial charge >= 0.3 is 5.97 Å². The van der Waals surface area contributed by atoms with Crippen molar-refractivity contribution in [2.45, 2.75) is 4.21 Å². The summed E-state index contributed by atoms with van der Waals surface area (Å²) in [5.74, 6) is -1.01. The van der Waals surface area contributed by atoms with Crippen molar-refractivity contribution in [2.75, 3.05) is 18.9 Å². The van der Waals surface area contributed by atoms with Crippen LogP contribution in [0.2, 0.25) is 0 Å². The first-order valence-electron chi connectivity index (χ1n) is 5.94. The molecule has 0 unspecified atom stereocenters. The molecule has 0 saturated heterocycles. The quantitative estimate of drug-likeness (QED) is 0.834. The highest BCUT2D eigenvalue weighted by Crippen LogP contribution is 2.35. The number of methoxy groups -OCH3 is 2. The van der Waals surface area contributed by atoms with Crippen LogP contribution in [0.4, 0.5) is 5.69 Å². The monoisotopic (exact) mass is 343 g/mol. The first-order chi connectivity index (χ1) is 10.4. The number of carboxylic acids is 1. The number of rotatable bonds is 6. The summed E-state index contributed by atoms with van der Waals surface area (Å²) in [6, 6.07) is 5.63. The fourth-order valence-electron chi connectivity index (χ4n) is 1.74. The van der Waals surface area contributed by atoms with E-state index in [0.717, 1.165) is 11.3 Å². The van der Waals surface area contributed by atoms with E-state index in [0.29, 0.717) is 0 Å². The molecule has 0 amide bonds. The van der Waals surface area contributed by atoms with E-state index in [1.807, 2.05) is 0 Å². The largest absolute Gasteiger partial charge is 0.497 e. The van der Waals surface area contributed by atoms with Gasteiger partial charge in [-0.3, -0.25) is 4.72 Å². The molecule has 2 rings (SSSR count). The second-order valence-electron chi connectivity index (χ2n) is 4.09. The molecule has 7 nitrogen and oxygen atoms in total. The number of sulfonamides is 1. The lowest BCUT2D eigenvalue weighted by atomic mass is 10.1. The Labute approximate surface area is 131 Å². The van der Waals surface area contributed by atoms with E-state index in [4.69, 9.17) is 9.47 Å². The van der Waals surface area contributed by atoms with Crippen molar-refractivity contribution in [2.24, 2.45) is 0 Å². The van der Waals surface area contributed by atoms with Gasteiger partial charge in [0.2, 0.25) is 0 Å². The van der Waals surface area contributed by atoms with Crippen molar-refractivity contribution in [3.63, 3.8) is 0 Å². The van der Waals surface area contributed by atoms with Crippen molar-refractivity contribution in [3.05, 3.63) is 35.2 Å². The summed E-state index contributed by atoms with van der Waals surface area (Å²) in [5, 5.41) is 10.9. The van der Waals surface area contributed by atoms with Gasteiger partial charge in [-0.05, 0) is 17.5 Å². The Balaban J connectivity index is 2.56. The molecule has 0 spiro atoms. The van der Waals surface area contributed by atoms with Gasteiger partial charge in [0.05, 0.1) is 19.8 Å². The number of anilines is 1. The predicted molar refractivity (Wildman–Crippen MR) is 81.6 cm³/mol. The van der Waals surface area contributed by atoms with Crippen LogP contribution in [-0.4, -0.2) is 33.7 Å². The SMILES string of the molecule is COc1cc(OC)c(NS(=O)(=O)c2cccs2)c(C(=O)O)c1. The van der Waals surface area contributed by atoms with Gasteiger partial charge in [0, 0.05) is 6.07 Å². The van der Waals surface area contributed by atoms with Gasteiger partial charge in [-0.1, -0.05) is 6.07 Å². The first kappa shape index (κ1) is 16.1. The first-order valence-corrected chi connectivity index (χ1v) is 8.31. The third kappa shape index (κ3) is 3.15. The summed E-state index contributed by atoms with van der Waals surface area (Å²) in [7, 11) is -1.21. The Morgan fingerprint density at radius 3 is 2.50 bits per heavy atom. The minimum absolute atomic E-state index is 0.0527. The summed E-state index contributed by atoms with van der Waals surface area (Å²) in [5.41, 5.74) is -0.416. The molecule has 0 aliphatic rings. The van der Waals surface area contributed by atoms with Crippen LogP contribution in [0.1, 0.15) is 10.4 Å². The van der Waals surface area contributed by atoms with Crippen LogP contribution < -0.4 is 14.2 Å². The van der Waals surface area contributed by atoms with E-state index in [1.165, 1.54) is 32.4 Å². The summed E-state index contributed by atoms with van der Waals surface area (Å²) in [4.78, 5) is 11.4. The number of carboxylic acid groups (broad SMARTS) is 1. The predicted octanol–water partition coefficient (Wildman–Crippen LogP) is 2.26. The lowest BCUT2D eigenvalue weighted by Crippen LogP contribution is -2.15. The highest BCUT2D eigenvalue weighted by molar-refractivity contribution is 7.94. The maximum Gasteiger partial charge on any atom is 0.338 e. The number of ether oxygens (including phenoxy) is 2. The lowest BCUT2D eigenvalue weighted by molar-refractivity contribution is 0.0697. The average Bonchev–Trinajstić information content (AvgIpc) is 3.01. The molecule has 22 heavy (non-hydrogen) atoms. The number of aromatic carboxylic acids is 1. The Kier molecular flexibility index (Phi) is 4.57. The second kappa shape index (κ2) is 6.24. The number of thiophene rings is 1. The van der Waals surface area contributed by atoms with Crippen LogP contribution in [0.5, 0.6) is 11.5 Å². The standard InChI is InChI=1S/C13H13NO6S2/c1-19-8-6-9(13(15)16)12(10(7-8)20-2)14-22(17,18)11-4-3-5-21-11/h3-7,14H,1-2H3,(H,15,16). The molecule has 1 aromatic heterocycles. The Morgan fingerprint density at radius 1 is 1.27 bits per heavy atom. The minimum atomic E-state index is -3.89. The molecule has 0 aliphatic carbocycles. The van der Waals surface area contributed by atoms with E-state index in [9.17, 15) is 18.3 Å². The van der Waals surface area contributed by atoms with Crippen LogP contribution in [-0.2, 0) is 10.0 Å². The molecule has 0 atom stereocenters. The molecule has 118 valence electrons. The molecule has 0 fully saturated rings. The van der Waals surface area contributed by atoms with Crippen molar-refractivity contribution in [3.8, 4) is 11.5 Å². The zero-order valence-electron chi connectivity index (χ0n) is 11.7. The molecule has 0 radical (unpaired) electrons. The maximum absolute atomic E-state index is 12.3. The second-order valence-corrected chi connectivity index (χ2v) is 6.95. The topological polar surface area (TPSA) is 102 Å². The van der Waals surface area contributed by atoms with Gasteiger partial charge in [0.15, 0.2) is 0 Å². The molecule has 0 aliphatic heterocycles. The van der Waals surface area contributed by atoms with E-state index in [-0.39, 0.29) is 27.0 Å². The summed E-state index contributed by atoms with van der Waals surface area (Å²) < 4.78 is 37.0. The Bertz CT molecular complexity index is 783. The van der Waals surface area contributed by atoms with Crippen LogP contribution in [0.3, 0.4) is 0 Å². The third-order valence-corrected chi connectivity index (χ3v) is 5.51. The van der Waals surface area contributed by atoms with Crippen molar-refractivity contribution < 1.29 is 27.8 Å². The molecule has 0 saturated carbocycles. The fourth-order valence-corrected chi connectivity index (χ4v) is 3.83. The van der Waals surface area contributed by atoms with Gasteiger partial charge in [0.25, 0.3) is 10.0 Å². The van der Waals surface area contributed by atoms with Crippen molar-refractivity contribution in [1.82, 2.24) is 0 Å². The van der Waals surface area contributed by atoms with Gasteiger partial charge in [0.1, 0.15) is 21.4 Å². The van der Waals surface area contributed by atoms with E-state index >= 15 is 0 Å². The van der Waals surface area contributed by atoms with E-state index in [1.54, 1.807) is 11.4 Å². The molecule has 2 N–H and O–H groups in total. The normalized spacial score (nSPS) is 11.0. The fraction of sp³-hybridized carbons (Fsp3) is 0.154. The summed E-state index contributed by atoms with van der Waals surface area (Å²) >= 11 is 1.02. The summed E-state index contributed by atoms with van der Waals surface area (Å²) in [6.45, 7) is 0. The minimum Gasteiger partial charge on any atom is -0.497 e. The lowest BCUT2D eigenvalue weighted by Gasteiger charge is -2.15. The van der Waals surface area contributed by atoms with Crippen molar-refractivity contribution in [1.29, 1.82) is 0 Å². The molecule has 9 heteroatoms. The van der Waals surface area contributed by atoms with Gasteiger partial charge in [-0.2, -0.15) is 0 Å². The number of benzene rings is 1. The maximum atomic E-state index is 12.3. The van der Waals surface area contributed by atoms with Crippen LogP contribution in [0, 0.1) is 0 Å². The molecule has 1 aromatic carbocycles. The van der Waals surface area contributed by atoms with Crippen LogP contribution in [0.25, 0.3) is 0 Å². The van der Waals surface area contributed by atoms with E-state index in [2.05, 4.69) is 4.72 Å². The smallest absolute Gasteiger partial charge is 0.338 e. The highest BCUT2D eigenvalue weighted by atomic mass is 32.2. The van der Waals surface area contributed by atoms with Crippen LogP contribution >= 0.6 is 11.3 Å². The number of carbonyl (C=O) groups is 1. The third-order valence-electron chi connectivity index (χ3n) is 2.76. The number of nitrogens with one attached hydrogen (secondary N) is 1. The average molecular weight is 343 g/mol. The molecule has 1 heterocycles. The van der Waals surface area contributed by atoms with Crippen LogP contribution in [0.15, 0.2) is 33.9 Å². The zero-order chi connectivity index (χ0) is 16.3. The van der Waals surface area contributed by atoms with Crippen molar-refractivity contribution >= 4 is 33.0 Å². The van der Waals surface area contributed by atoms with Gasteiger partial charge in [-0.25, -0.2) is 13.2 Å². The highest BCUT2D eigenvalue weighted by Gasteiger charge is 2.24. The Hall–Kier alpha value is -2.26. The van der Waals surface area contributed by atoms with Gasteiger partial charge < -0.3 is 14.6 Å². The molecule has 2 aromatic rings. The molecular formula is C13H13NO6S2. The number of hydrogen-bond donors (Lipinski definition) is 2. The summed E-state index contributed by atoms with van der Waals surface area (Å²) in [6.07, 6.45) is 0. The van der Waals surface area contributed by atoms with E-state index < -0.39 is 16.0 Å². The van der Waals surface area contributed by atoms with Gasteiger partial charge in [-0.15, -0.1) is 11.3 Å². The zero-order valence-corrected chi connectivity index (χ0v) is 13.3. The molecular weight excluding hydrogens is 330 g/mol. The molecule has 0 bridgehead atoms. The number of hydrogen-bond acceptors (Lipinski definition) is 6. The Morgan fingerprint density at radius 2 is 2.00 bits per heavy atom.